The Morgan fingerprint density at radius 1 is 0.963 bits per heavy atom. The lowest BCUT2D eigenvalue weighted by Crippen LogP contribution is -2.32. The number of sulfonamides is 1. The zero-order valence-corrected chi connectivity index (χ0v) is 17.3. The summed E-state index contributed by atoms with van der Waals surface area (Å²) in [5.41, 5.74) is 2.67. The fraction of sp³-hybridized carbons (Fsp3) is 0.381. The third-order valence-electron chi connectivity index (χ3n) is 4.38. The summed E-state index contributed by atoms with van der Waals surface area (Å²) < 4.78 is 28.4. The van der Waals surface area contributed by atoms with E-state index < -0.39 is 10.0 Å². The zero-order chi connectivity index (χ0) is 20.0. The number of hydrogen-bond acceptors (Lipinski definition) is 3. The fourth-order valence-corrected chi connectivity index (χ4v) is 4.25. The van der Waals surface area contributed by atoms with Gasteiger partial charge in [-0.3, -0.25) is 9.52 Å². The Morgan fingerprint density at radius 3 is 2.07 bits per heavy atom. The first-order chi connectivity index (χ1) is 12.8. The molecule has 1 N–H and O–H groups in total. The third-order valence-corrected chi connectivity index (χ3v) is 5.73. The van der Waals surface area contributed by atoms with Gasteiger partial charge < -0.3 is 4.90 Å². The Morgan fingerprint density at radius 2 is 1.52 bits per heavy atom. The predicted molar refractivity (Wildman–Crippen MR) is 110 cm³/mol. The number of rotatable bonds is 8. The molecule has 27 heavy (non-hydrogen) atoms. The number of carbonyl (C=O) groups is 1. The average molecular weight is 389 g/mol. The molecular weight excluding hydrogens is 360 g/mol. The second kappa shape index (κ2) is 9.04. The van der Waals surface area contributed by atoms with Crippen molar-refractivity contribution in [1.29, 1.82) is 0 Å². The molecule has 2 aromatic carbocycles. The molecule has 0 bridgehead atoms. The van der Waals surface area contributed by atoms with E-state index in [-0.39, 0.29) is 10.8 Å². The normalized spacial score (nSPS) is 11.3. The summed E-state index contributed by atoms with van der Waals surface area (Å²) in [6.07, 6.45) is 1.72. The minimum Gasteiger partial charge on any atom is -0.339 e. The van der Waals surface area contributed by atoms with Gasteiger partial charge in [0.25, 0.3) is 15.9 Å². The van der Waals surface area contributed by atoms with Crippen molar-refractivity contribution in [2.24, 2.45) is 0 Å². The fourth-order valence-electron chi connectivity index (χ4n) is 3.00. The first-order valence-electron chi connectivity index (χ1n) is 9.28. The summed E-state index contributed by atoms with van der Waals surface area (Å²) in [6.45, 7) is 9.07. The molecule has 0 heterocycles. The van der Waals surface area contributed by atoms with Crippen LogP contribution in [0.4, 0.5) is 5.69 Å². The maximum atomic E-state index is 12.9. The van der Waals surface area contributed by atoms with E-state index in [1.165, 1.54) is 12.1 Å². The van der Waals surface area contributed by atoms with Gasteiger partial charge in [0.15, 0.2) is 0 Å². The van der Waals surface area contributed by atoms with Crippen molar-refractivity contribution in [3.8, 4) is 0 Å². The van der Waals surface area contributed by atoms with Gasteiger partial charge in [0.2, 0.25) is 0 Å². The van der Waals surface area contributed by atoms with Crippen molar-refractivity contribution in [3.05, 3.63) is 59.2 Å². The molecule has 0 spiro atoms. The second-order valence-electron chi connectivity index (χ2n) is 6.69. The summed E-state index contributed by atoms with van der Waals surface area (Å²) in [6, 6.07) is 11.8. The molecule has 5 nitrogen and oxygen atoms in total. The lowest BCUT2D eigenvalue weighted by Gasteiger charge is -2.22. The molecular formula is C21H28N2O3S. The monoisotopic (exact) mass is 388 g/mol. The molecule has 0 aromatic heterocycles. The van der Waals surface area contributed by atoms with Crippen LogP contribution in [0.2, 0.25) is 0 Å². The van der Waals surface area contributed by atoms with Crippen molar-refractivity contribution < 1.29 is 13.2 Å². The van der Waals surface area contributed by atoms with E-state index in [2.05, 4.69) is 4.72 Å². The third kappa shape index (κ3) is 5.10. The summed E-state index contributed by atoms with van der Waals surface area (Å²) in [7, 11) is -3.79. The van der Waals surface area contributed by atoms with Crippen molar-refractivity contribution >= 4 is 21.6 Å². The van der Waals surface area contributed by atoms with Crippen molar-refractivity contribution in [2.75, 3.05) is 17.8 Å². The first-order valence-corrected chi connectivity index (χ1v) is 10.8. The molecule has 0 saturated heterocycles. The van der Waals surface area contributed by atoms with Crippen LogP contribution in [0.5, 0.6) is 0 Å². The minimum absolute atomic E-state index is 0.0870. The number of benzene rings is 2. The molecule has 146 valence electrons. The summed E-state index contributed by atoms with van der Waals surface area (Å²) >= 11 is 0. The van der Waals surface area contributed by atoms with Gasteiger partial charge in [0, 0.05) is 18.7 Å². The van der Waals surface area contributed by atoms with Gasteiger partial charge in [-0.05, 0) is 56.0 Å². The average Bonchev–Trinajstić information content (AvgIpc) is 2.64. The van der Waals surface area contributed by atoms with Crippen LogP contribution in [0.25, 0.3) is 0 Å². The van der Waals surface area contributed by atoms with Crippen LogP contribution in [0, 0.1) is 13.8 Å². The van der Waals surface area contributed by atoms with Gasteiger partial charge in [-0.1, -0.05) is 38.1 Å². The maximum Gasteiger partial charge on any atom is 0.261 e. The number of nitrogens with zero attached hydrogens (tertiary/aromatic N) is 1. The molecule has 0 aliphatic rings. The van der Waals surface area contributed by atoms with Crippen LogP contribution in [-0.2, 0) is 10.0 Å². The van der Waals surface area contributed by atoms with Crippen LogP contribution in [0.3, 0.4) is 0 Å². The number of amides is 1. The van der Waals surface area contributed by atoms with Crippen molar-refractivity contribution in [1.82, 2.24) is 4.90 Å². The minimum atomic E-state index is -3.79. The Hall–Kier alpha value is -2.34. The highest BCUT2D eigenvalue weighted by atomic mass is 32.2. The van der Waals surface area contributed by atoms with E-state index in [1.54, 1.807) is 17.0 Å². The molecule has 0 aliphatic carbocycles. The van der Waals surface area contributed by atoms with Gasteiger partial charge in [-0.15, -0.1) is 0 Å². The van der Waals surface area contributed by atoms with E-state index in [0.29, 0.717) is 24.3 Å². The highest BCUT2D eigenvalue weighted by Gasteiger charge is 2.20. The number of nitrogens with one attached hydrogen (secondary N) is 1. The van der Waals surface area contributed by atoms with Crippen molar-refractivity contribution in [2.45, 2.75) is 45.4 Å². The lowest BCUT2D eigenvalue weighted by atomic mass is 10.1. The Kier molecular flexibility index (Phi) is 7.02. The zero-order valence-electron chi connectivity index (χ0n) is 16.5. The Labute approximate surface area is 162 Å². The van der Waals surface area contributed by atoms with Gasteiger partial charge in [-0.2, -0.15) is 0 Å². The van der Waals surface area contributed by atoms with E-state index in [0.717, 1.165) is 24.0 Å². The largest absolute Gasteiger partial charge is 0.339 e. The molecule has 0 unspecified atom stereocenters. The van der Waals surface area contributed by atoms with Crippen LogP contribution < -0.4 is 4.72 Å². The summed E-state index contributed by atoms with van der Waals surface area (Å²) in [4.78, 5) is 14.6. The summed E-state index contributed by atoms with van der Waals surface area (Å²) in [5.74, 6) is -0.136. The second-order valence-corrected chi connectivity index (χ2v) is 8.37. The quantitative estimate of drug-likeness (QED) is 0.730. The molecule has 0 fully saturated rings. The number of para-hydroxylation sites is 1. The number of anilines is 1. The van der Waals surface area contributed by atoms with Gasteiger partial charge in [0.05, 0.1) is 10.6 Å². The number of aryl methyl sites for hydroxylation is 2. The van der Waals surface area contributed by atoms with Crippen LogP contribution in [0.1, 0.15) is 48.2 Å². The number of carbonyl (C=O) groups excluding carboxylic acids is 1. The SMILES string of the molecule is CCCN(CCC)C(=O)c1cccc(S(=O)(=O)Nc2c(C)cccc2C)c1. The molecule has 0 aliphatic heterocycles. The smallest absolute Gasteiger partial charge is 0.261 e. The van der Waals surface area contributed by atoms with E-state index in [1.807, 2.05) is 45.9 Å². The summed E-state index contributed by atoms with van der Waals surface area (Å²) in [5, 5.41) is 0. The van der Waals surface area contributed by atoms with E-state index in [9.17, 15) is 13.2 Å². The van der Waals surface area contributed by atoms with Crippen LogP contribution >= 0.6 is 0 Å². The van der Waals surface area contributed by atoms with E-state index >= 15 is 0 Å². The molecule has 0 radical (unpaired) electrons. The van der Waals surface area contributed by atoms with Gasteiger partial charge in [0.1, 0.15) is 0 Å². The first kappa shape index (κ1) is 21.0. The number of hydrogen-bond donors (Lipinski definition) is 1. The predicted octanol–water partition coefficient (Wildman–Crippen LogP) is 4.37. The standard InChI is InChI=1S/C21H28N2O3S/c1-5-13-23(14-6-2)21(24)18-11-8-12-19(15-18)27(25,26)22-20-16(3)9-7-10-17(20)4/h7-12,15,22H,5-6,13-14H2,1-4H3. The molecule has 2 aromatic rings. The highest BCUT2D eigenvalue weighted by Crippen LogP contribution is 2.24. The highest BCUT2D eigenvalue weighted by molar-refractivity contribution is 7.92. The van der Waals surface area contributed by atoms with Crippen LogP contribution in [-0.4, -0.2) is 32.3 Å². The van der Waals surface area contributed by atoms with Crippen molar-refractivity contribution in [3.63, 3.8) is 0 Å². The lowest BCUT2D eigenvalue weighted by molar-refractivity contribution is 0.0755. The topological polar surface area (TPSA) is 66.5 Å². The molecule has 2 rings (SSSR count). The molecule has 6 heteroatoms. The van der Waals surface area contributed by atoms with Crippen LogP contribution in [0.15, 0.2) is 47.4 Å². The Balaban J connectivity index is 2.34. The van der Waals surface area contributed by atoms with E-state index in [4.69, 9.17) is 0 Å². The van der Waals surface area contributed by atoms with Gasteiger partial charge in [-0.25, -0.2) is 8.42 Å². The molecule has 1 amide bonds. The van der Waals surface area contributed by atoms with Gasteiger partial charge >= 0.3 is 0 Å². The Bertz CT molecular complexity index is 881. The molecule has 0 atom stereocenters. The maximum absolute atomic E-state index is 12.9. The molecule has 0 saturated carbocycles.